The van der Waals surface area contributed by atoms with Crippen LogP contribution >= 0.6 is 22.9 Å². The van der Waals surface area contributed by atoms with Gasteiger partial charge < -0.3 is 20.7 Å². The number of nitro groups is 1. The van der Waals surface area contributed by atoms with Crippen molar-refractivity contribution >= 4 is 46.3 Å². The van der Waals surface area contributed by atoms with Crippen LogP contribution in [0.4, 0.5) is 36.8 Å². The highest BCUT2D eigenvalue weighted by Gasteiger charge is 2.31. The van der Waals surface area contributed by atoms with Gasteiger partial charge in [-0.25, -0.2) is 25.3 Å². The summed E-state index contributed by atoms with van der Waals surface area (Å²) in [6.45, 7) is 0.387. The highest BCUT2D eigenvalue weighted by atomic mass is 35.5. The van der Waals surface area contributed by atoms with Gasteiger partial charge in [-0.15, -0.1) is 24.5 Å². The number of guanidine groups is 1. The fraction of sp³-hybridized carbons (Fsp3) is 0.167. The van der Waals surface area contributed by atoms with Crippen molar-refractivity contribution in [1.29, 1.82) is 5.26 Å². The van der Waals surface area contributed by atoms with Crippen LogP contribution in [0.3, 0.4) is 0 Å². The van der Waals surface area contributed by atoms with Crippen LogP contribution in [-0.2, 0) is 19.1 Å². The topological polar surface area (TPSA) is 179 Å². The number of rotatable bonds is 9. The van der Waals surface area contributed by atoms with E-state index < -0.39 is 34.9 Å². The monoisotopic (exact) mass is 755 g/mol. The number of urea groups is 1. The molecular formula is C30H24ClF6N9O4S. The van der Waals surface area contributed by atoms with Crippen molar-refractivity contribution in [3.05, 3.63) is 121 Å². The zero-order valence-corrected chi connectivity index (χ0v) is 27.4. The van der Waals surface area contributed by atoms with Crippen molar-refractivity contribution < 1.29 is 40.9 Å². The average molecular weight is 756 g/mol. The minimum atomic E-state index is -4.86. The molecule has 51 heavy (non-hydrogen) atoms. The van der Waals surface area contributed by atoms with Gasteiger partial charge in [0.1, 0.15) is 10.9 Å². The molecule has 0 aliphatic heterocycles. The Hall–Kier alpha value is -5.94. The Kier molecular flexibility index (Phi) is 14.1. The van der Waals surface area contributed by atoms with Crippen LogP contribution in [0, 0.1) is 21.4 Å². The maximum Gasteiger partial charge on any atom is 0.573 e. The average Bonchev–Trinajstić information content (AvgIpc) is 3.50. The number of benzene rings is 3. The molecule has 0 unspecified atom stereocenters. The zero-order valence-electron chi connectivity index (χ0n) is 25.8. The van der Waals surface area contributed by atoms with Crippen molar-refractivity contribution in [1.82, 2.24) is 21.0 Å². The standard InChI is InChI=1S/C24H16F6N4O2.C6H8ClN5O2S/c25-23(26,27)18-7-5-17(6-8-18)21(13-15-1-3-16(14-31)4-2-15)33-34-22(35)32-19-9-11-20(12-10-19)36-24(28,29)30;1-8-6(11-12(13)14)10-3-4-2-9-5(7)15-4/h1-12H,13H2,(H2,32,34,35);2H,3H2,1H3,(H2,8,10,11)/b33-21+;. The van der Waals surface area contributed by atoms with Gasteiger partial charge >= 0.3 is 18.6 Å². The van der Waals surface area contributed by atoms with Crippen LogP contribution in [-0.4, -0.2) is 41.1 Å². The number of anilines is 1. The summed E-state index contributed by atoms with van der Waals surface area (Å²) in [5.74, 6) is -0.386. The molecule has 0 saturated carbocycles. The molecule has 2 amide bonds. The van der Waals surface area contributed by atoms with Crippen molar-refractivity contribution in [3.63, 3.8) is 0 Å². The number of carbonyl (C=O) groups excluding carboxylic acids is 1. The molecule has 0 saturated heterocycles. The van der Waals surface area contributed by atoms with E-state index >= 15 is 0 Å². The summed E-state index contributed by atoms with van der Waals surface area (Å²) in [5.41, 5.74) is 3.12. The molecule has 0 aliphatic carbocycles. The number of hydrazone groups is 2. The minimum absolute atomic E-state index is 0.0875. The van der Waals surface area contributed by atoms with E-state index in [4.69, 9.17) is 16.9 Å². The van der Waals surface area contributed by atoms with Gasteiger partial charge in [0.2, 0.25) is 0 Å². The predicted octanol–water partition coefficient (Wildman–Crippen LogP) is 6.90. The van der Waals surface area contributed by atoms with Gasteiger partial charge in [-0.3, -0.25) is 0 Å². The molecule has 13 nitrogen and oxygen atoms in total. The maximum atomic E-state index is 12.9. The highest BCUT2D eigenvalue weighted by molar-refractivity contribution is 7.15. The Bertz CT molecular complexity index is 1880. The highest BCUT2D eigenvalue weighted by Crippen LogP contribution is 2.29. The van der Waals surface area contributed by atoms with E-state index in [9.17, 15) is 41.3 Å². The van der Waals surface area contributed by atoms with Gasteiger partial charge in [0.25, 0.3) is 5.96 Å². The Morgan fingerprint density at radius 3 is 2.20 bits per heavy atom. The van der Waals surface area contributed by atoms with E-state index in [-0.39, 0.29) is 23.8 Å². The van der Waals surface area contributed by atoms with E-state index in [0.717, 1.165) is 29.1 Å². The first-order valence-electron chi connectivity index (χ1n) is 14.0. The Morgan fingerprint density at radius 2 is 1.69 bits per heavy atom. The lowest BCUT2D eigenvalue weighted by atomic mass is 10.0. The Morgan fingerprint density at radius 1 is 1.04 bits per heavy atom. The number of nitriles is 1. The van der Waals surface area contributed by atoms with Gasteiger partial charge in [0.15, 0.2) is 9.50 Å². The molecule has 0 spiro atoms. The molecule has 1 aromatic heterocycles. The number of hydrogen-bond donors (Lipinski definition) is 4. The number of carbonyl (C=O) groups is 1. The second-order valence-electron chi connectivity index (χ2n) is 9.63. The smallest absolute Gasteiger partial charge is 0.406 e. The summed E-state index contributed by atoms with van der Waals surface area (Å²) < 4.78 is 79.7. The summed E-state index contributed by atoms with van der Waals surface area (Å²) in [4.78, 5) is 27.0. The number of aromatic nitrogens is 1. The van der Waals surface area contributed by atoms with Crippen LogP contribution in [0.25, 0.3) is 0 Å². The van der Waals surface area contributed by atoms with E-state index in [1.807, 2.05) is 6.07 Å². The number of nitrogens with zero attached hydrogens (tertiary/aromatic N) is 5. The third kappa shape index (κ3) is 14.2. The summed E-state index contributed by atoms with van der Waals surface area (Å²) >= 11 is 6.92. The number of nitrogens with one attached hydrogen (secondary N) is 4. The van der Waals surface area contributed by atoms with Gasteiger partial charge in [-0.05, 0) is 59.7 Å². The molecule has 268 valence electrons. The molecule has 0 bridgehead atoms. The molecule has 1 heterocycles. The first-order chi connectivity index (χ1) is 24.0. The fourth-order valence-electron chi connectivity index (χ4n) is 3.76. The van der Waals surface area contributed by atoms with Crippen LogP contribution < -0.4 is 26.1 Å². The molecule has 4 aromatic rings. The first kappa shape index (κ1) is 39.5. The van der Waals surface area contributed by atoms with Gasteiger partial charge in [0.05, 0.1) is 29.5 Å². The lowest BCUT2D eigenvalue weighted by molar-refractivity contribution is -0.485. The van der Waals surface area contributed by atoms with E-state index in [1.165, 1.54) is 42.6 Å². The van der Waals surface area contributed by atoms with Crippen molar-refractivity contribution in [3.8, 4) is 11.8 Å². The van der Waals surface area contributed by atoms with Crippen LogP contribution in [0.1, 0.15) is 27.1 Å². The fourth-order valence-corrected chi connectivity index (χ4v) is 4.67. The number of halogens is 7. The first-order valence-corrected chi connectivity index (χ1v) is 15.1. The third-order valence-electron chi connectivity index (χ3n) is 6.01. The van der Waals surface area contributed by atoms with Crippen molar-refractivity contribution in [2.45, 2.75) is 25.5 Å². The summed E-state index contributed by atoms with van der Waals surface area (Å²) in [6.07, 6.45) is -7.67. The quantitative estimate of drug-likeness (QED) is 0.0469. The second kappa shape index (κ2) is 18.2. The van der Waals surface area contributed by atoms with Gasteiger partial charge in [-0.2, -0.15) is 23.5 Å². The van der Waals surface area contributed by atoms with Crippen LogP contribution in [0.5, 0.6) is 5.75 Å². The van der Waals surface area contributed by atoms with Gasteiger partial charge in [-0.1, -0.05) is 35.9 Å². The lowest BCUT2D eigenvalue weighted by Gasteiger charge is -2.12. The third-order valence-corrected chi connectivity index (χ3v) is 7.13. The molecule has 0 fully saturated rings. The number of ether oxygens (including phenoxy) is 1. The predicted molar refractivity (Wildman–Crippen MR) is 176 cm³/mol. The van der Waals surface area contributed by atoms with E-state index in [1.54, 1.807) is 30.5 Å². The number of thiazole rings is 1. The van der Waals surface area contributed by atoms with Gasteiger partial charge in [0, 0.05) is 30.2 Å². The SMILES string of the molecule is CN/C(=N\[N+](=O)[O-])NCc1cnc(Cl)s1.N#Cc1ccc(C/C(=N\NC(=O)Nc2ccc(OC(F)(F)F)cc2)c2ccc(C(F)(F)F)cc2)cc1. The molecule has 3 aromatic carbocycles. The maximum absolute atomic E-state index is 12.9. The van der Waals surface area contributed by atoms with Crippen LogP contribution in [0.15, 0.2) is 89.2 Å². The molecule has 0 radical (unpaired) electrons. The Balaban J connectivity index is 0.000000391. The number of hydrogen-bond acceptors (Lipinski definition) is 8. The zero-order chi connectivity index (χ0) is 37.6. The van der Waals surface area contributed by atoms with Crippen molar-refractivity contribution in [2.24, 2.45) is 10.2 Å². The lowest BCUT2D eigenvalue weighted by Crippen LogP contribution is -2.34. The molecule has 4 N–H and O–H groups in total. The second-order valence-corrected chi connectivity index (χ2v) is 11.3. The summed E-state index contributed by atoms with van der Waals surface area (Å²) in [7, 11) is 1.54. The van der Waals surface area contributed by atoms with E-state index in [0.29, 0.717) is 27.7 Å². The van der Waals surface area contributed by atoms with E-state index in [2.05, 4.69) is 41.3 Å². The molecular weight excluding hydrogens is 732 g/mol. The Labute approximate surface area is 293 Å². The minimum Gasteiger partial charge on any atom is -0.406 e. The molecule has 0 aliphatic rings. The molecule has 0 atom stereocenters. The summed E-state index contributed by atoms with van der Waals surface area (Å²) in [6, 6.07) is 16.1. The largest absolute Gasteiger partial charge is 0.573 e. The number of alkyl halides is 6. The number of amides is 2. The van der Waals surface area contributed by atoms with Crippen molar-refractivity contribution in [2.75, 3.05) is 12.4 Å². The van der Waals surface area contributed by atoms with Crippen LogP contribution in [0.2, 0.25) is 4.47 Å². The molecule has 4 rings (SSSR count). The molecule has 21 heteroatoms. The normalized spacial score (nSPS) is 11.7. The summed E-state index contributed by atoms with van der Waals surface area (Å²) in [5, 5.41) is 33.0.